The van der Waals surface area contributed by atoms with Crippen molar-refractivity contribution in [2.75, 3.05) is 4.90 Å². The normalized spacial score (nSPS) is 11.7. The van der Waals surface area contributed by atoms with Crippen LogP contribution < -0.4 is 10.2 Å². The number of carbonyl (C=O) groups is 2. The number of carbonyl (C=O) groups excluding carboxylic acids is 2. The zero-order chi connectivity index (χ0) is 28.1. The lowest BCUT2D eigenvalue weighted by Crippen LogP contribution is -2.45. The van der Waals surface area contributed by atoms with E-state index in [9.17, 15) is 14.7 Å². The fourth-order valence-corrected chi connectivity index (χ4v) is 5.11. The molecule has 2 N–H and O–H groups in total. The number of aromatic hydroxyl groups is 1. The molecule has 202 valence electrons. The van der Waals surface area contributed by atoms with Gasteiger partial charge in [0.15, 0.2) is 0 Å². The highest BCUT2D eigenvalue weighted by molar-refractivity contribution is 7.13. The van der Waals surface area contributed by atoms with Crippen LogP contribution in [0.1, 0.15) is 28.3 Å². The molecule has 5 rings (SSSR count). The van der Waals surface area contributed by atoms with E-state index < -0.39 is 11.9 Å². The summed E-state index contributed by atoms with van der Waals surface area (Å²) in [5, 5.41) is 27.4. The molecule has 0 aliphatic rings. The van der Waals surface area contributed by atoms with Crippen LogP contribution in [0.5, 0.6) is 5.75 Å². The van der Waals surface area contributed by atoms with Crippen molar-refractivity contribution in [3.8, 4) is 16.5 Å². The van der Waals surface area contributed by atoms with Crippen molar-refractivity contribution in [3.05, 3.63) is 113 Å². The van der Waals surface area contributed by atoms with E-state index in [1.54, 1.807) is 12.1 Å². The van der Waals surface area contributed by atoms with Gasteiger partial charge in [0.25, 0.3) is 5.91 Å². The monoisotopic (exact) mass is 552 g/mol. The van der Waals surface area contributed by atoms with Crippen LogP contribution in [0, 0.1) is 13.8 Å². The first-order valence-corrected chi connectivity index (χ1v) is 13.6. The zero-order valence-electron chi connectivity index (χ0n) is 22.1. The molecule has 2 aromatic heterocycles. The summed E-state index contributed by atoms with van der Waals surface area (Å²) < 4.78 is 0. The summed E-state index contributed by atoms with van der Waals surface area (Å²) in [6.07, 6.45) is 0. The number of anilines is 1. The standard InChI is InChI=1S/C30H28N6O3S/c1-20-10-15-25(21(2)17-20)36(27(38)19-35-33-29(32-34-35)26-9-6-16-40-26)28(23-11-13-24(37)14-12-23)30(39)31-18-22-7-4-3-5-8-22/h3-17,28,37H,18-19H2,1-2H3,(H,31,39)/t28-/m1/s1. The molecular formula is C30H28N6O3S. The van der Waals surface area contributed by atoms with E-state index >= 15 is 0 Å². The van der Waals surface area contributed by atoms with Gasteiger partial charge < -0.3 is 10.4 Å². The average Bonchev–Trinajstić information content (AvgIpc) is 3.65. The minimum Gasteiger partial charge on any atom is -0.508 e. The maximum atomic E-state index is 14.1. The minimum atomic E-state index is -1.03. The third-order valence-electron chi connectivity index (χ3n) is 6.38. The van der Waals surface area contributed by atoms with Gasteiger partial charge in [0.1, 0.15) is 18.3 Å². The maximum absolute atomic E-state index is 14.1. The van der Waals surface area contributed by atoms with Gasteiger partial charge in [0.05, 0.1) is 4.88 Å². The number of thiophene rings is 1. The zero-order valence-corrected chi connectivity index (χ0v) is 22.9. The van der Waals surface area contributed by atoms with Gasteiger partial charge in [-0.05, 0) is 65.4 Å². The van der Waals surface area contributed by atoms with Crippen LogP contribution in [0.25, 0.3) is 10.7 Å². The Morgan fingerprint density at radius 2 is 1.77 bits per heavy atom. The Morgan fingerprint density at radius 3 is 2.48 bits per heavy atom. The molecule has 0 saturated heterocycles. The van der Waals surface area contributed by atoms with Crippen LogP contribution in [-0.4, -0.2) is 37.1 Å². The second kappa shape index (κ2) is 11.9. The van der Waals surface area contributed by atoms with Crippen molar-refractivity contribution in [2.24, 2.45) is 0 Å². The number of rotatable bonds is 9. The van der Waals surface area contributed by atoms with Crippen LogP contribution in [-0.2, 0) is 22.7 Å². The number of phenols is 1. The first-order valence-electron chi connectivity index (χ1n) is 12.7. The first-order chi connectivity index (χ1) is 19.4. The molecule has 0 aliphatic carbocycles. The van der Waals surface area contributed by atoms with Crippen LogP contribution in [0.4, 0.5) is 5.69 Å². The second-order valence-corrected chi connectivity index (χ2v) is 10.3. The summed E-state index contributed by atoms with van der Waals surface area (Å²) in [5.74, 6) is -0.273. The number of benzene rings is 3. The highest BCUT2D eigenvalue weighted by atomic mass is 32.1. The number of nitrogens with zero attached hydrogens (tertiary/aromatic N) is 5. The lowest BCUT2D eigenvalue weighted by molar-refractivity contribution is -0.127. The topological polar surface area (TPSA) is 113 Å². The molecule has 9 nitrogen and oxygen atoms in total. The number of hydrogen-bond acceptors (Lipinski definition) is 7. The fourth-order valence-electron chi connectivity index (χ4n) is 4.46. The summed E-state index contributed by atoms with van der Waals surface area (Å²) in [4.78, 5) is 31.5. The molecule has 0 saturated carbocycles. The third-order valence-corrected chi connectivity index (χ3v) is 7.24. The SMILES string of the molecule is Cc1ccc(N(C(=O)Cn2nnc(-c3cccs3)n2)[C@@H](C(=O)NCc2ccccc2)c2ccc(O)cc2)c(C)c1. The van der Waals surface area contributed by atoms with E-state index in [1.165, 1.54) is 33.2 Å². The Bertz CT molecular complexity index is 1600. The average molecular weight is 553 g/mol. The Morgan fingerprint density at radius 1 is 1.00 bits per heavy atom. The largest absolute Gasteiger partial charge is 0.508 e. The number of phenolic OH excluding ortho intramolecular Hbond substituents is 1. The second-order valence-electron chi connectivity index (χ2n) is 9.37. The van der Waals surface area contributed by atoms with Crippen molar-refractivity contribution in [1.82, 2.24) is 25.5 Å². The number of aromatic nitrogens is 4. The van der Waals surface area contributed by atoms with Gasteiger partial charge in [-0.25, -0.2) is 0 Å². The van der Waals surface area contributed by atoms with Gasteiger partial charge in [0, 0.05) is 12.2 Å². The molecule has 40 heavy (non-hydrogen) atoms. The highest BCUT2D eigenvalue weighted by Gasteiger charge is 2.34. The summed E-state index contributed by atoms with van der Waals surface area (Å²) in [6.45, 7) is 3.93. The lowest BCUT2D eigenvalue weighted by atomic mass is 10.0. The number of amides is 2. The molecule has 0 bridgehead atoms. The smallest absolute Gasteiger partial charge is 0.251 e. The van der Waals surface area contributed by atoms with Gasteiger partial charge in [0.2, 0.25) is 11.7 Å². The Balaban J connectivity index is 1.53. The van der Waals surface area contributed by atoms with Gasteiger partial charge in [-0.1, -0.05) is 66.2 Å². The molecule has 2 amide bonds. The number of nitrogens with one attached hydrogen (secondary N) is 1. The van der Waals surface area contributed by atoms with Crippen molar-refractivity contribution < 1.29 is 14.7 Å². The summed E-state index contributed by atoms with van der Waals surface area (Å²) in [5.41, 5.74) is 3.92. The summed E-state index contributed by atoms with van der Waals surface area (Å²) in [6, 6.07) is 24.3. The quantitative estimate of drug-likeness (QED) is 0.271. The Hall–Kier alpha value is -4.83. The van der Waals surface area contributed by atoms with E-state index in [2.05, 4.69) is 20.7 Å². The minimum absolute atomic E-state index is 0.0597. The molecule has 0 unspecified atom stereocenters. The van der Waals surface area contributed by atoms with E-state index in [1.807, 2.05) is 79.9 Å². The van der Waals surface area contributed by atoms with Crippen LogP contribution >= 0.6 is 11.3 Å². The van der Waals surface area contributed by atoms with Gasteiger partial charge in [-0.2, -0.15) is 4.80 Å². The van der Waals surface area contributed by atoms with Crippen molar-refractivity contribution >= 4 is 28.8 Å². The number of aryl methyl sites for hydroxylation is 2. The molecule has 10 heteroatoms. The van der Waals surface area contributed by atoms with E-state index in [0.29, 0.717) is 17.1 Å². The number of hydrogen-bond donors (Lipinski definition) is 2. The number of tetrazole rings is 1. The molecule has 5 aromatic rings. The predicted octanol–water partition coefficient (Wildman–Crippen LogP) is 4.81. The maximum Gasteiger partial charge on any atom is 0.251 e. The van der Waals surface area contributed by atoms with Gasteiger partial charge in [-0.15, -0.1) is 21.5 Å². The van der Waals surface area contributed by atoms with Crippen LogP contribution in [0.2, 0.25) is 0 Å². The van der Waals surface area contributed by atoms with Crippen molar-refractivity contribution in [2.45, 2.75) is 33.0 Å². The lowest BCUT2D eigenvalue weighted by Gasteiger charge is -2.32. The molecule has 1 atom stereocenters. The molecule has 0 spiro atoms. The van der Waals surface area contributed by atoms with Gasteiger partial charge in [-0.3, -0.25) is 14.5 Å². The van der Waals surface area contributed by atoms with E-state index in [4.69, 9.17) is 0 Å². The van der Waals surface area contributed by atoms with Gasteiger partial charge >= 0.3 is 0 Å². The predicted molar refractivity (Wildman–Crippen MR) is 154 cm³/mol. The molecule has 0 radical (unpaired) electrons. The van der Waals surface area contributed by atoms with Crippen molar-refractivity contribution in [3.63, 3.8) is 0 Å². The highest BCUT2D eigenvalue weighted by Crippen LogP contribution is 2.32. The van der Waals surface area contributed by atoms with Crippen molar-refractivity contribution in [1.29, 1.82) is 0 Å². The summed E-state index contributed by atoms with van der Waals surface area (Å²) >= 11 is 1.48. The Kier molecular flexibility index (Phi) is 7.97. The Labute approximate surface area is 235 Å². The first kappa shape index (κ1) is 26.8. The summed E-state index contributed by atoms with van der Waals surface area (Å²) in [7, 11) is 0. The van der Waals surface area contributed by atoms with Crippen LogP contribution in [0.3, 0.4) is 0 Å². The molecule has 0 fully saturated rings. The molecule has 2 heterocycles. The molecule has 0 aliphatic heterocycles. The molecular weight excluding hydrogens is 524 g/mol. The van der Waals surface area contributed by atoms with E-state index in [-0.39, 0.29) is 24.7 Å². The van der Waals surface area contributed by atoms with Crippen LogP contribution in [0.15, 0.2) is 90.3 Å². The third kappa shape index (κ3) is 6.08. The fraction of sp³-hybridized carbons (Fsp3) is 0.167. The van der Waals surface area contributed by atoms with E-state index in [0.717, 1.165) is 21.6 Å². The molecule has 3 aromatic carbocycles.